The number of ether oxygens (including phenoxy) is 1. The number of pyridine rings is 1. The van der Waals surface area contributed by atoms with Crippen LogP contribution in [-0.4, -0.2) is 48.0 Å². The highest BCUT2D eigenvalue weighted by molar-refractivity contribution is 6.31. The molecule has 40 heavy (non-hydrogen) atoms. The third kappa shape index (κ3) is 9.67. The Balaban J connectivity index is 0.000000663. The molecule has 12 heteroatoms. The van der Waals surface area contributed by atoms with Gasteiger partial charge in [0.15, 0.2) is 5.82 Å². The lowest BCUT2D eigenvalue weighted by Gasteiger charge is -2.12. The number of H-pyrrole nitrogens is 1. The third-order valence-corrected chi connectivity index (χ3v) is 5.76. The minimum atomic E-state index is -4.61. The number of hydrogen-bond acceptors (Lipinski definition) is 6. The average molecular weight is 575 g/mol. The second-order valence-corrected chi connectivity index (χ2v) is 8.92. The van der Waals surface area contributed by atoms with Crippen LogP contribution in [0.2, 0.25) is 5.02 Å². The maximum absolute atomic E-state index is 13.0. The van der Waals surface area contributed by atoms with Crippen LogP contribution in [0.3, 0.4) is 0 Å². The van der Waals surface area contributed by atoms with Gasteiger partial charge in [-0.25, -0.2) is 4.98 Å². The number of benzene rings is 2. The maximum Gasteiger partial charge on any atom is 0.417 e. The van der Waals surface area contributed by atoms with Crippen LogP contribution in [0.5, 0.6) is 11.5 Å². The topological polar surface area (TPSA) is 104 Å². The van der Waals surface area contributed by atoms with E-state index in [9.17, 15) is 18.0 Å². The molecule has 0 aliphatic carbocycles. The normalized spacial score (nSPS) is 10.9. The molecule has 0 radical (unpaired) electrons. The van der Waals surface area contributed by atoms with E-state index < -0.39 is 22.7 Å². The second-order valence-electron chi connectivity index (χ2n) is 8.51. The van der Waals surface area contributed by atoms with Gasteiger partial charge in [0.1, 0.15) is 17.2 Å². The number of imidazole rings is 1. The summed E-state index contributed by atoms with van der Waals surface area (Å²) in [5.74, 6) is 1.34. The van der Waals surface area contributed by atoms with Gasteiger partial charge in [0, 0.05) is 49.9 Å². The van der Waals surface area contributed by atoms with E-state index in [2.05, 4.69) is 30.9 Å². The molecule has 212 valence electrons. The zero-order valence-corrected chi connectivity index (χ0v) is 22.7. The fourth-order valence-corrected chi connectivity index (χ4v) is 3.69. The molecule has 4 rings (SSSR count). The largest absolute Gasteiger partial charge is 0.457 e. The molecule has 2 aromatic heterocycles. The summed E-state index contributed by atoms with van der Waals surface area (Å²) < 4.78 is 44.9. The number of aryl methyl sites for hydroxylation is 1. The molecule has 0 aliphatic heterocycles. The zero-order valence-electron chi connectivity index (χ0n) is 22.0. The lowest BCUT2D eigenvalue weighted by atomic mass is 10.1. The van der Waals surface area contributed by atoms with E-state index in [-0.39, 0.29) is 12.1 Å². The first-order valence-corrected chi connectivity index (χ1v) is 12.8. The molecule has 2 heterocycles. The number of anilines is 1. The van der Waals surface area contributed by atoms with E-state index >= 15 is 0 Å². The molecule has 0 bridgehead atoms. The molecule has 0 saturated carbocycles. The van der Waals surface area contributed by atoms with Crippen molar-refractivity contribution in [3.05, 3.63) is 89.3 Å². The molecule has 0 atom stereocenters. The molecule has 0 spiro atoms. The Morgan fingerprint density at radius 2 is 1.73 bits per heavy atom. The number of halogens is 4. The van der Waals surface area contributed by atoms with Crippen LogP contribution in [0.4, 0.5) is 18.9 Å². The summed E-state index contributed by atoms with van der Waals surface area (Å²) in [6.45, 7) is 2.10. The summed E-state index contributed by atoms with van der Waals surface area (Å²) in [4.78, 5) is 23.7. The van der Waals surface area contributed by atoms with Gasteiger partial charge in [0.2, 0.25) is 5.91 Å². The summed E-state index contributed by atoms with van der Waals surface area (Å²) in [6, 6.07) is 13.9. The molecule has 1 amide bonds. The van der Waals surface area contributed by atoms with Crippen molar-refractivity contribution in [2.45, 2.75) is 19.0 Å². The Labute approximate surface area is 235 Å². The minimum absolute atomic E-state index is 0.0313. The fourth-order valence-electron chi connectivity index (χ4n) is 3.46. The third-order valence-electron chi connectivity index (χ3n) is 5.43. The van der Waals surface area contributed by atoms with Crippen LogP contribution in [0.25, 0.3) is 11.5 Å². The number of carbonyl (C=O) groups is 1. The molecular weight excluding hydrogens is 545 g/mol. The Morgan fingerprint density at radius 3 is 2.40 bits per heavy atom. The monoisotopic (exact) mass is 574 g/mol. The first-order valence-electron chi connectivity index (χ1n) is 12.4. The standard InChI is InChI=1S/C24H18ClF3N4O2.C4H12N2/c25-20-6-5-16(13-19(20)24(26,27)28)32-22(33)7-4-15-2-1-3-17(12-15)34-18-8-9-29-21(14-18)23-30-10-11-31-23;1-5-3-4-6-2/h1-3,5-6,8-14H,4,7H2,(H,30,31)(H,32,33);5-6H,3-4H2,1-2H3. The van der Waals surface area contributed by atoms with Crippen LogP contribution in [0.15, 0.2) is 73.2 Å². The minimum Gasteiger partial charge on any atom is -0.457 e. The van der Waals surface area contributed by atoms with Crippen LogP contribution in [-0.2, 0) is 17.4 Å². The Kier molecular flexibility index (Phi) is 11.5. The van der Waals surface area contributed by atoms with E-state index in [1.165, 1.54) is 6.07 Å². The lowest BCUT2D eigenvalue weighted by molar-refractivity contribution is -0.137. The van der Waals surface area contributed by atoms with Gasteiger partial charge in [-0.1, -0.05) is 23.7 Å². The molecule has 0 saturated heterocycles. The van der Waals surface area contributed by atoms with Crippen molar-refractivity contribution < 1.29 is 22.7 Å². The van der Waals surface area contributed by atoms with Gasteiger partial charge < -0.3 is 25.7 Å². The number of hydrogen-bond donors (Lipinski definition) is 4. The number of aromatic amines is 1. The first kappa shape index (κ1) is 30.6. The van der Waals surface area contributed by atoms with Gasteiger partial charge in [-0.05, 0) is 62.5 Å². The number of aromatic nitrogens is 3. The highest BCUT2D eigenvalue weighted by Gasteiger charge is 2.33. The van der Waals surface area contributed by atoms with E-state index in [0.29, 0.717) is 29.4 Å². The maximum atomic E-state index is 13.0. The molecule has 4 aromatic rings. The molecule has 0 aliphatic rings. The van der Waals surface area contributed by atoms with E-state index in [4.69, 9.17) is 16.3 Å². The number of nitrogens with one attached hydrogen (secondary N) is 4. The summed E-state index contributed by atoms with van der Waals surface area (Å²) in [5, 5.41) is 8.07. The summed E-state index contributed by atoms with van der Waals surface area (Å²) in [6.07, 6.45) is 0.787. The smallest absolute Gasteiger partial charge is 0.417 e. The van der Waals surface area contributed by atoms with Gasteiger partial charge >= 0.3 is 6.18 Å². The van der Waals surface area contributed by atoms with E-state index in [0.717, 1.165) is 30.8 Å². The molecule has 0 fully saturated rings. The highest BCUT2D eigenvalue weighted by Crippen LogP contribution is 2.36. The number of amides is 1. The van der Waals surface area contributed by atoms with Crippen molar-refractivity contribution >= 4 is 23.2 Å². The van der Waals surface area contributed by atoms with Crippen molar-refractivity contribution in [1.82, 2.24) is 25.6 Å². The summed E-state index contributed by atoms with van der Waals surface area (Å²) in [7, 11) is 3.88. The van der Waals surface area contributed by atoms with Crippen molar-refractivity contribution in [1.29, 1.82) is 0 Å². The van der Waals surface area contributed by atoms with Crippen LogP contribution >= 0.6 is 11.6 Å². The second kappa shape index (κ2) is 15.0. The Morgan fingerprint density at radius 1 is 0.975 bits per heavy atom. The van der Waals surface area contributed by atoms with Crippen LogP contribution in [0, 0.1) is 0 Å². The number of likely N-dealkylation sites (N-methyl/N-ethyl adjacent to an activating group) is 2. The predicted molar refractivity (Wildman–Crippen MR) is 150 cm³/mol. The number of nitrogens with zero attached hydrogens (tertiary/aromatic N) is 2. The van der Waals surface area contributed by atoms with Crippen molar-refractivity contribution in [3.63, 3.8) is 0 Å². The number of rotatable bonds is 10. The average Bonchev–Trinajstić information content (AvgIpc) is 3.47. The zero-order chi connectivity index (χ0) is 29.0. The summed E-state index contributed by atoms with van der Waals surface area (Å²) in [5.41, 5.74) is 0.498. The Bertz CT molecular complexity index is 1360. The van der Waals surface area contributed by atoms with E-state index in [1.54, 1.807) is 48.9 Å². The van der Waals surface area contributed by atoms with Crippen molar-refractivity contribution in [2.24, 2.45) is 0 Å². The van der Waals surface area contributed by atoms with Gasteiger partial charge in [0.25, 0.3) is 0 Å². The molecular formula is C28H30ClF3N6O2. The molecule has 8 nitrogen and oxygen atoms in total. The van der Waals surface area contributed by atoms with Gasteiger partial charge in [0.05, 0.1) is 10.6 Å². The summed E-state index contributed by atoms with van der Waals surface area (Å²) >= 11 is 5.61. The Hall–Kier alpha value is -3.93. The fraction of sp³-hybridized carbons (Fsp3) is 0.250. The molecule has 4 N–H and O–H groups in total. The number of carbonyl (C=O) groups excluding carboxylic acids is 1. The quantitative estimate of drug-likeness (QED) is 0.175. The lowest BCUT2D eigenvalue weighted by Crippen LogP contribution is -2.21. The number of alkyl halides is 3. The van der Waals surface area contributed by atoms with Crippen molar-refractivity contribution in [2.75, 3.05) is 32.5 Å². The van der Waals surface area contributed by atoms with Crippen LogP contribution < -0.4 is 20.7 Å². The SMILES string of the molecule is CNCCNC.O=C(CCc1cccc(Oc2ccnc(-c3ncc[nH]3)c2)c1)Nc1ccc(Cl)c(C(F)(F)F)c1. The molecule has 0 unspecified atom stereocenters. The predicted octanol–water partition coefficient (Wildman–Crippen LogP) is 5.93. The van der Waals surface area contributed by atoms with E-state index in [1.807, 2.05) is 20.2 Å². The highest BCUT2D eigenvalue weighted by atomic mass is 35.5. The van der Waals surface area contributed by atoms with Crippen molar-refractivity contribution in [3.8, 4) is 23.0 Å². The first-order chi connectivity index (χ1) is 19.2. The van der Waals surface area contributed by atoms with Gasteiger partial charge in [-0.15, -0.1) is 0 Å². The van der Waals surface area contributed by atoms with Crippen LogP contribution in [0.1, 0.15) is 17.5 Å². The van der Waals surface area contributed by atoms with Gasteiger partial charge in [-0.3, -0.25) is 9.78 Å². The van der Waals surface area contributed by atoms with Gasteiger partial charge in [-0.2, -0.15) is 13.2 Å². The molecule has 2 aromatic carbocycles.